The van der Waals surface area contributed by atoms with Crippen molar-refractivity contribution in [3.63, 3.8) is 0 Å². The number of nitrogens with one attached hydrogen (secondary N) is 1. The molecule has 0 aliphatic carbocycles. The maximum absolute atomic E-state index is 13.3. The number of piperazine rings is 1. The first kappa shape index (κ1) is 21.4. The van der Waals surface area contributed by atoms with Crippen LogP contribution in [0.1, 0.15) is 33.6 Å². The molecule has 0 saturated carbocycles. The summed E-state index contributed by atoms with van der Waals surface area (Å²) in [6, 6.07) is 4.24. The number of rotatable bonds is 6. The Balaban J connectivity index is 1.52. The molecule has 1 N–H and O–H groups in total. The molecule has 0 radical (unpaired) electrons. The van der Waals surface area contributed by atoms with E-state index in [1.807, 2.05) is 6.07 Å². The van der Waals surface area contributed by atoms with E-state index in [2.05, 4.69) is 15.1 Å². The lowest BCUT2D eigenvalue weighted by Gasteiger charge is -2.37. The molecule has 1 aromatic rings. The zero-order chi connectivity index (χ0) is 22.1. The van der Waals surface area contributed by atoms with Crippen molar-refractivity contribution in [3.05, 3.63) is 29.3 Å². The smallest absolute Gasteiger partial charge is 0.264 e. The second kappa shape index (κ2) is 8.74. The Morgan fingerprint density at radius 2 is 1.74 bits per heavy atom. The number of carbonyl (C=O) groups is 4. The first-order valence-electron chi connectivity index (χ1n) is 10.3. The van der Waals surface area contributed by atoms with Crippen LogP contribution in [0.2, 0.25) is 0 Å². The number of methoxy groups -OCH3 is 2. The van der Waals surface area contributed by atoms with Crippen molar-refractivity contribution in [1.29, 1.82) is 0 Å². The molecule has 0 bridgehead atoms. The summed E-state index contributed by atoms with van der Waals surface area (Å²) in [5.74, 6) is -1.96. The largest absolute Gasteiger partial charge is 0.368 e. The molecule has 2 fully saturated rings. The Labute approximate surface area is 180 Å². The maximum Gasteiger partial charge on any atom is 0.264 e. The number of piperidine rings is 1. The highest BCUT2D eigenvalue weighted by Gasteiger charge is 2.46. The van der Waals surface area contributed by atoms with Crippen LogP contribution in [0.4, 0.5) is 5.69 Å². The van der Waals surface area contributed by atoms with Gasteiger partial charge in [-0.25, -0.2) is 0 Å². The molecule has 1 unspecified atom stereocenters. The van der Waals surface area contributed by atoms with Gasteiger partial charge in [-0.2, -0.15) is 0 Å². The van der Waals surface area contributed by atoms with Crippen LogP contribution in [-0.2, 0) is 19.1 Å². The fourth-order valence-corrected chi connectivity index (χ4v) is 4.39. The summed E-state index contributed by atoms with van der Waals surface area (Å²) in [6.45, 7) is 3.51. The van der Waals surface area contributed by atoms with Gasteiger partial charge in [0.1, 0.15) is 6.04 Å². The van der Waals surface area contributed by atoms with E-state index in [1.54, 1.807) is 26.4 Å². The van der Waals surface area contributed by atoms with Gasteiger partial charge in [0.2, 0.25) is 11.8 Å². The molecule has 3 heterocycles. The van der Waals surface area contributed by atoms with Crippen LogP contribution in [-0.4, -0.2) is 92.7 Å². The van der Waals surface area contributed by atoms with Gasteiger partial charge in [-0.1, -0.05) is 6.07 Å². The Bertz CT molecular complexity index is 907. The molecular formula is C21H26N4O6. The molecule has 4 amide bonds. The SMILES string of the molecule is COC(CN1CCN(c2cccc3c2C(=O)N(C2CCC(=O)NC2=O)C3=O)CC1)OC. The van der Waals surface area contributed by atoms with E-state index in [1.165, 1.54) is 0 Å². The summed E-state index contributed by atoms with van der Waals surface area (Å²) in [4.78, 5) is 55.3. The third-order valence-corrected chi connectivity index (χ3v) is 6.09. The first-order valence-corrected chi connectivity index (χ1v) is 10.3. The van der Waals surface area contributed by atoms with Crippen LogP contribution < -0.4 is 10.2 Å². The highest BCUT2D eigenvalue weighted by atomic mass is 16.7. The molecule has 2 saturated heterocycles. The molecule has 1 aromatic carbocycles. The summed E-state index contributed by atoms with van der Waals surface area (Å²) in [7, 11) is 3.21. The van der Waals surface area contributed by atoms with Crippen LogP contribution in [0.5, 0.6) is 0 Å². The monoisotopic (exact) mass is 430 g/mol. The summed E-state index contributed by atoms with van der Waals surface area (Å²) in [6.07, 6.45) is -0.0545. The van der Waals surface area contributed by atoms with Gasteiger partial charge < -0.3 is 14.4 Å². The van der Waals surface area contributed by atoms with Crippen LogP contribution in [0.25, 0.3) is 0 Å². The Hall–Kier alpha value is -2.82. The van der Waals surface area contributed by atoms with Crippen molar-refractivity contribution in [2.75, 3.05) is 51.8 Å². The van der Waals surface area contributed by atoms with Crippen LogP contribution in [0.3, 0.4) is 0 Å². The van der Waals surface area contributed by atoms with Crippen molar-refractivity contribution in [2.45, 2.75) is 25.2 Å². The third-order valence-electron chi connectivity index (χ3n) is 6.09. The molecule has 31 heavy (non-hydrogen) atoms. The molecule has 10 heteroatoms. The minimum absolute atomic E-state index is 0.0998. The number of hydrogen-bond acceptors (Lipinski definition) is 8. The molecule has 3 aliphatic rings. The standard InChI is InChI=1S/C21H26N4O6/c1-30-17(31-2)12-23-8-10-24(11-9-23)14-5-3-4-13-18(14)21(29)25(20(13)28)15-6-7-16(26)22-19(15)27/h3-5,15,17H,6-12H2,1-2H3,(H,22,26,27). The van der Waals surface area contributed by atoms with Gasteiger partial charge in [-0.05, 0) is 18.6 Å². The Morgan fingerprint density at radius 1 is 1.03 bits per heavy atom. The van der Waals surface area contributed by atoms with E-state index in [-0.39, 0.29) is 25.0 Å². The number of fused-ring (bicyclic) bond motifs is 1. The van der Waals surface area contributed by atoms with Crippen LogP contribution >= 0.6 is 0 Å². The minimum Gasteiger partial charge on any atom is -0.368 e. The fraction of sp³-hybridized carbons (Fsp3) is 0.524. The second-order valence-corrected chi connectivity index (χ2v) is 7.84. The van der Waals surface area contributed by atoms with E-state index in [0.29, 0.717) is 36.4 Å². The topological polar surface area (TPSA) is 108 Å². The van der Waals surface area contributed by atoms with Gasteiger partial charge in [0, 0.05) is 53.4 Å². The minimum atomic E-state index is -0.963. The Morgan fingerprint density at radius 3 is 2.39 bits per heavy atom. The average Bonchev–Trinajstić information content (AvgIpc) is 3.03. The maximum atomic E-state index is 13.3. The van der Waals surface area contributed by atoms with E-state index >= 15 is 0 Å². The number of nitrogens with zero attached hydrogens (tertiary/aromatic N) is 3. The number of carbonyl (C=O) groups excluding carboxylic acids is 4. The van der Waals surface area contributed by atoms with Gasteiger partial charge in [0.25, 0.3) is 11.8 Å². The highest BCUT2D eigenvalue weighted by molar-refractivity contribution is 6.25. The van der Waals surface area contributed by atoms with E-state index in [9.17, 15) is 19.2 Å². The number of hydrogen-bond donors (Lipinski definition) is 1. The van der Waals surface area contributed by atoms with Gasteiger partial charge in [0.15, 0.2) is 6.29 Å². The number of benzene rings is 1. The van der Waals surface area contributed by atoms with Crippen molar-refractivity contribution < 1.29 is 28.7 Å². The third kappa shape index (κ3) is 3.93. The van der Waals surface area contributed by atoms with Gasteiger partial charge in [-0.3, -0.25) is 34.3 Å². The lowest BCUT2D eigenvalue weighted by Crippen LogP contribution is -2.54. The van der Waals surface area contributed by atoms with Crippen LogP contribution in [0.15, 0.2) is 18.2 Å². The van der Waals surface area contributed by atoms with Gasteiger partial charge in [0.05, 0.1) is 16.8 Å². The van der Waals surface area contributed by atoms with Gasteiger partial charge in [-0.15, -0.1) is 0 Å². The number of amides is 4. The molecule has 1 atom stereocenters. The lowest BCUT2D eigenvalue weighted by molar-refractivity contribution is -0.136. The van der Waals surface area contributed by atoms with Crippen molar-refractivity contribution >= 4 is 29.3 Å². The fourth-order valence-electron chi connectivity index (χ4n) is 4.39. The average molecular weight is 430 g/mol. The predicted molar refractivity (Wildman–Crippen MR) is 110 cm³/mol. The van der Waals surface area contributed by atoms with Crippen LogP contribution in [0, 0.1) is 0 Å². The van der Waals surface area contributed by atoms with Crippen molar-refractivity contribution in [1.82, 2.24) is 15.1 Å². The number of anilines is 1. The van der Waals surface area contributed by atoms with Gasteiger partial charge >= 0.3 is 0 Å². The summed E-state index contributed by atoms with van der Waals surface area (Å²) < 4.78 is 10.5. The van der Waals surface area contributed by atoms with Crippen molar-refractivity contribution in [3.8, 4) is 0 Å². The molecule has 3 aliphatic heterocycles. The molecule has 166 valence electrons. The predicted octanol–water partition coefficient (Wildman–Crippen LogP) is -0.171. The normalized spacial score (nSPS) is 22.4. The number of ether oxygens (including phenoxy) is 2. The molecule has 0 spiro atoms. The van der Waals surface area contributed by atoms with E-state index in [0.717, 1.165) is 18.0 Å². The molecule has 4 rings (SSSR count). The van der Waals surface area contributed by atoms with E-state index in [4.69, 9.17) is 9.47 Å². The highest BCUT2D eigenvalue weighted by Crippen LogP contribution is 2.34. The molecular weight excluding hydrogens is 404 g/mol. The molecule has 0 aromatic heterocycles. The van der Waals surface area contributed by atoms with Crippen molar-refractivity contribution in [2.24, 2.45) is 0 Å². The Kier molecular flexibility index (Phi) is 6.03. The zero-order valence-corrected chi connectivity index (χ0v) is 17.6. The zero-order valence-electron chi connectivity index (χ0n) is 17.6. The summed E-state index contributed by atoms with van der Waals surface area (Å²) >= 11 is 0. The summed E-state index contributed by atoms with van der Waals surface area (Å²) in [5, 5.41) is 2.22. The number of imide groups is 2. The van der Waals surface area contributed by atoms with E-state index < -0.39 is 23.8 Å². The first-order chi connectivity index (χ1) is 14.9. The molecule has 10 nitrogen and oxygen atoms in total. The lowest BCUT2D eigenvalue weighted by atomic mass is 10.0. The second-order valence-electron chi connectivity index (χ2n) is 7.84. The summed E-state index contributed by atoms with van der Waals surface area (Å²) in [5.41, 5.74) is 1.33. The quantitative estimate of drug-likeness (QED) is 0.490.